The number of anilines is 1. The maximum atomic E-state index is 6.13. The van der Waals surface area contributed by atoms with E-state index in [-0.39, 0.29) is 6.29 Å². The fraction of sp³-hybridized carbons (Fsp3) is 0.714. The van der Waals surface area contributed by atoms with Gasteiger partial charge in [0.05, 0.1) is 6.54 Å². The van der Waals surface area contributed by atoms with Crippen molar-refractivity contribution in [1.82, 2.24) is 10.2 Å². The summed E-state index contributed by atoms with van der Waals surface area (Å²) in [6.07, 6.45) is 4.06. The molecule has 0 aliphatic heterocycles. The van der Waals surface area contributed by atoms with Gasteiger partial charge < -0.3 is 14.8 Å². The summed E-state index contributed by atoms with van der Waals surface area (Å²) in [6.45, 7) is 5.71. The van der Waals surface area contributed by atoms with E-state index in [1.54, 1.807) is 0 Å². The zero-order chi connectivity index (χ0) is 14.4. The number of halogens is 1. The molecule has 1 aromatic heterocycles. The Kier molecular flexibility index (Phi) is 6.01. The average Bonchev–Trinajstić information content (AvgIpc) is 2.47. The molecule has 0 bridgehead atoms. The second-order valence-electron chi connectivity index (χ2n) is 4.72. The summed E-state index contributed by atoms with van der Waals surface area (Å²) in [7, 11) is 0. The van der Waals surface area contributed by atoms with E-state index < -0.39 is 0 Å². The molecule has 1 aliphatic carbocycles. The molecule has 20 heavy (non-hydrogen) atoms. The van der Waals surface area contributed by atoms with Crippen molar-refractivity contribution in [2.45, 2.75) is 45.8 Å². The molecule has 1 aliphatic rings. The van der Waals surface area contributed by atoms with Crippen LogP contribution in [0.5, 0.6) is 0 Å². The fourth-order valence-corrected chi connectivity index (χ4v) is 2.72. The molecule has 0 saturated carbocycles. The van der Waals surface area contributed by atoms with Crippen molar-refractivity contribution in [1.29, 1.82) is 0 Å². The molecule has 5 nitrogen and oxygen atoms in total. The zero-order valence-corrected chi connectivity index (χ0v) is 12.9. The maximum Gasteiger partial charge on any atom is 0.174 e. The lowest BCUT2D eigenvalue weighted by Crippen LogP contribution is -2.27. The van der Waals surface area contributed by atoms with Crippen LogP contribution in [0.2, 0.25) is 5.15 Å². The molecule has 0 fully saturated rings. The van der Waals surface area contributed by atoms with Crippen LogP contribution in [0.25, 0.3) is 0 Å². The second-order valence-corrected chi connectivity index (χ2v) is 5.08. The lowest BCUT2D eigenvalue weighted by Gasteiger charge is -2.22. The van der Waals surface area contributed by atoms with Gasteiger partial charge in [-0.2, -0.15) is 0 Å². The van der Waals surface area contributed by atoms with Crippen LogP contribution in [-0.4, -0.2) is 36.2 Å². The smallest absolute Gasteiger partial charge is 0.174 e. The first kappa shape index (κ1) is 15.5. The van der Waals surface area contributed by atoms with Gasteiger partial charge in [-0.15, -0.1) is 10.2 Å². The van der Waals surface area contributed by atoms with E-state index in [0.29, 0.717) is 24.9 Å². The Hall–Kier alpha value is -0.910. The van der Waals surface area contributed by atoms with Gasteiger partial charge in [0.25, 0.3) is 0 Å². The summed E-state index contributed by atoms with van der Waals surface area (Å²) < 4.78 is 11.0. The van der Waals surface area contributed by atoms with Crippen molar-refractivity contribution in [3.8, 4) is 0 Å². The Balaban J connectivity index is 2.05. The lowest BCUT2D eigenvalue weighted by molar-refractivity contribution is -0.126. The van der Waals surface area contributed by atoms with Crippen molar-refractivity contribution in [2.75, 3.05) is 25.1 Å². The highest BCUT2D eigenvalue weighted by Crippen LogP contribution is 2.30. The number of ether oxygens (including phenoxy) is 2. The van der Waals surface area contributed by atoms with E-state index in [2.05, 4.69) is 15.5 Å². The third kappa shape index (κ3) is 3.81. The monoisotopic (exact) mass is 299 g/mol. The molecule has 0 amide bonds. The molecule has 6 heteroatoms. The van der Waals surface area contributed by atoms with Gasteiger partial charge in [0.2, 0.25) is 0 Å². The highest BCUT2D eigenvalue weighted by Gasteiger charge is 2.19. The normalized spacial score (nSPS) is 14.4. The minimum Gasteiger partial charge on any atom is -0.363 e. The van der Waals surface area contributed by atoms with Crippen LogP contribution in [0.3, 0.4) is 0 Å². The molecule has 0 radical (unpaired) electrons. The van der Waals surface area contributed by atoms with Gasteiger partial charge in [0.15, 0.2) is 17.3 Å². The Morgan fingerprint density at radius 3 is 2.40 bits per heavy atom. The summed E-state index contributed by atoms with van der Waals surface area (Å²) in [4.78, 5) is 0. The van der Waals surface area contributed by atoms with Gasteiger partial charge >= 0.3 is 0 Å². The Labute approximate surface area is 125 Å². The molecule has 0 unspecified atom stereocenters. The Morgan fingerprint density at radius 1 is 1.10 bits per heavy atom. The van der Waals surface area contributed by atoms with E-state index in [1.807, 2.05) is 13.8 Å². The fourth-order valence-electron chi connectivity index (χ4n) is 2.47. The molecule has 0 saturated heterocycles. The van der Waals surface area contributed by atoms with Gasteiger partial charge in [-0.25, -0.2) is 0 Å². The van der Waals surface area contributed by atoms with Crippen LogP contribution in [-0.2, 0) is 22.3 Å². The molecule has 1 N–H and O–H groups in total. The molecule has 1 aromatic rings. The minimum absolute atomic E-state index is 0.262. The summed E-state index contributed by atoms with van der Waals surface area (Å²) in [5.74, 6) is 0.813. The quantitative estimate of drug-likeness (QED) is 0.785. The largest absolute Gasteiger partial charge is 0.363 e. The topological polar surface area (TPSA) is 56.3 Å². The van der Waals surface area contributed by atoms with Crippen molar-refractivity contribution >= 4 is 17.4 Å². The van der Waals surface area contributed by atoms with Crippen molar-refractivity contribution < 1.29 is 9.47 Å². The molecule has 0 aromatic carbocycles. The molecule has 1 heterocycles. The first-order valence-electron chi connectivity index (χ1n) is 7.27. The first-order chi connectivity index (χ1) is 9.76. The van der Waals surface area contributed by atoms with Gasteiger partial charge in [0, 0.05) is 18.8 Å². The van der Waals surface area contributed by atoms with Crippen LogP contribution in [0.15, 0.2) is 0 Å². The highest BCUT2D eigenvalue weighted by molar-refractivity contribution is 6.30. The van der Waals surface area contributed by atoms with Gasteiger partial charge in [0.1, 0.15) is 0 Å². The van der Waals surface area contributed by atoms with E-state index in [1.165, 1.54) is 18.4 Å². The van der Waals surface area contributed by atoms with E-state index >= 15 is 0 Å². The summed E-state index contributed by atoms with van der Waals surface area (Å²) in [5, 5.41) is 12.0. The number of nitrogens with one attached hydrogen (secondary N) is 1. The number of nitrogens with zero attached hydrogens (tertiary/aromatic N) is 2. The number of aromatic nitrogens is 2. The van der Waals surface area contributed by atoms with Gasteiger partial charge in [-0.05, 0) is 45.1 Å². The first-order valence-corrected chi connectivity index (χ1v) is 7.65. The summed E-state index contributed by atoms with van der Waals surface area (Å²) in [5.41, 5.74) is 2.34. The molecule has 0 atom stereocenters. The zero-order valence-electron chi connectivity index (χ0n) is 12.1. The van der Waals surface area contributed by atoms with E-state index in [0.717, 1.165) is 24.2 Å². The SMILES string of the molecule is CCOC(CNc1nnc(Cl)c2c1CCCC2)OCC. The van der Waals surface area contributed by atoms with Crippen LogP contribution in [0, 0.1) is 0 Å². The second kappa shape index (κ2) is 7.76. The molecule has 2 rings (SSSR count). The summed E-state index contributed by atoms with van der Waals surface area (Å²) >= 11 is 6.13. The lowest BCUT2D eigenvalue weighted by atomic mass is 9.93. The third-order valence-corrected chi connectivity index (χ3v) is 3.69. The van der Waals surface area contributed by atoms with Crippen LogP contribution < -0.4 is 5.32 Å². The van der Waals surface area contributed by atoms with E-state index in [9.17, 15) is 0 Å². The van der Waals surface area contributed by atoms with E-state index in [4.69, 9.17) is 21.1 Å². The molecule has 112 valence electrons. The standard InChI is InChI=1S/C14H22ClN3O2/c1-3-19-12(20-4-2)9-16-14-11-8-6-5-7-10(11)13(15)17-18-14/h12H,3-9H2,1-2H3,(H,16,18). The van der Waals surface area contributed by atoms with Crippen molar-refractivity contribution in [3.05, 3.63) is 16.3 Å². The van der Waals surface area contributed by atoms with Crippen LogP contribution in [0.1, 0.15) is 37.8 Å². The maximum absolute atomic E-state index is 6.13. The highest BCUT2D eigenvalue weighted by atomic mass is 35.5. The predicted molar refractivity (Wildman–Crippen MR) is 79.2 cm³/mol. The van der Waals surface area contributed by atoms with Gasteiger partial charge in [-0.3, -0.25) is 0 Å². The molecule has 0 spiro atoms. The summed E-state index contributed by atoms with van der Waals surface area (Å²) in [6, 6.07) is 0. The minimum atomic E-state index is -0.262. The average molecular weight is 300 g/mol. The third-order valence-electron chi connectivity index (χ3n) is 3.38. The Bertz CT molecular complexity index is 437. The predicted octanol–water partition coefficient (Wildman–Crippen LogP) is 2.82. The number of hydrogen-bond acceptors (Lipinski definition) is 5. The van der Waals surface area contributed by atoms with Crippen LogP contribution in [0.4, 0.5) is 5.82 Å². The number of rotatable bonds is 7. The van der Waals surface area contributed by atoms with Crippen LogP contribution >= 0.6 is 11.6 Å². The molecular formula is C14H22ClN3O2. The van der Waals surface area contributed by atoms with Crippen molar-refractivity contribution in [3.63, 3.8) is 0 Å². The number of hydrogen-bond donors (Lipinski definition) is 1. The van der Waals surface area contributed by atoms with Gasteiger partial charge in [-0.1, -0.05) is 11.6 Å². The number of fused-ring (bicyclic) bond motifs is 1. The molecular weight excluding hydrogens is 278 g/mol. The van der Waals surface area contributed by atoms with Crippen molar-refractivity contribution in [2.24, 2.45) is 0 Å². The Morgan fingerprint density at radius 2 is 1.75 bits per heavy atom.